The van der Waals surface area contributed by atoms with Crippen LogP contribution in [0.4, 0.5) is 8.78 Å². The Labute approximate surface area is 118 Å². The number of hydrogen-bond acceptors (Lipinski definition) is 3. The Bertz CT molecular complexity index is 568. The molecular formula is C12H8Cl2F2N2O. The molecule has 0 radical (unpaired) electrons. The predicted octanol–water partition coefficient (Wildman–Crippen LogP) is 4.36. The van der Waals surface area contributed by atoms with Crippen molar-refractivity contribution in [3.63, 3.8) is 0 Å². The highest BCUT2D eigenvalue weighted by Crippen LogP contribution is 2.26. The molecule has 1 aromatic carbocycles. The van der Waals surface area contributed by atoms with E-state index in [2.05, 4.69) is 14.7 Å². The average molecular weight is 305 g/mol. The first kappa shape index (κ1) is 14.0. The molecule has 0 amide bonds. The summed E-state index contributed by atoms with van der Waals surface area (Å²) in [7, 11) is 0. The van der Waals surface area contributed by atoms with E-state index < -0.39 is 6.61 Å². The van der Waals surface area contributed by atoms with Crippen LogP contribution in [0.25, 0.3) is 11.4 Å². The van der Waals surface area contributed by atoms with Crippen molar-refractivity contribution >= 4 is 23.2 Å². The van der Waals surface area contributed by atoms with E-state index in [1.165, 1.54) is 12.1 Å². The molecule has 1 aromatic heterocycles. The van der Waals surface area contributed by atoms with Crippen LogP contribution < -0.4 is 4.74 Å². The number of ether oxygens (including phenoxy) is 1. The highest BCUT2D eigenvalue weighted by Gasteiger charge is 2.10. The molecule has 0 unspecified atom stereocenters. The normalized spacial score (nSPS) is 10.8. The first-order valence-corrected chi connectivity index (χ1v) is 5.98. The molecule has 1 heterocycles. The van der Waals surface area contributed by atoms with Crippen LogP contribution in [0.1, 0.15) is 5.56 Å². The number of rotatable bonds is 3. The number of aromatic nitrogens is 2. The van der Waals surface area contributed by atoms with Crippen molar-refractivity contribution in [2.75, 3.05) is 0 Å². The number of alkyl halides is 2. The van der Waals surface area contributed by atoms with E-state index >= 15 is 0 Å². The molecule has 2 aromatic rings. The lowest BCUT2D eigenvalue weighted by Crippen LogP contribution is -2.01. The van der Waals surface area contributed by atoms with Gasteiger partial charge in [0.2, 0.25) is 0 Å². The van der Waals surface area contributed by atoms with Gasteiger partial charge < -0.3 is 4.74 Å². The summed E-state index contributed by atoms with van der Waals surface area (Å²) in [5, 5.41) is 0.505. The van der Waals surface area contributed by atoms with Gasteiger partial charge in [-0.25, -0.2) is 9.97 Å². The lowest BCUT2D eigenvalue weighted by molar-refractivity contribution is -0.0498. The van der Waals surface area contributed by atoms with Crippen molar-refractivity contribution in [3.8, 4) is 17.1 Å². The minimum atomic E-state index is -2.86. The number of nitrogens with zero attached hydrogens (tertiary/aromatic N) is 2. The summed E-state index contributed by atoms with van der Waals surface area (Å²) in [6, 6.07) is 5.89. The third kappa shape index (κ3) is 3.30. The smallest absolute Gasteiger partial charge is 0.387 e. The fourth-order valence-electron chi connectivity index (χ4n) is 1.38. The quantitative estimate of drug-likeness (QED) is 0.790. The Kier molecular flexibility index (Phi) is 4.17. The maximum Gasteiger partial charge on any atom is 0.387 e. The van der Waals surface area contributed by atoms with Crippen LogP contribution in [0.2, 0.25) is 10.3 Å². The maximum atomic E-state index is 12.0. The molecule has 7 heteroatoms. The van der Waals surface area contributed by atoms with Gasteiger partial charge in [-0.2, -0.15) is 8.78 Å². The lowest BCUT2D eigenvalue weighted by Gasteiger charge is -2.07. The van der Waals surface area contributed by atoms with Crippen molar-refractivity contribution < 1.29 is 13.5 Å². The van der Waals surface area contributed by atoms with E-state index in [0.717, 1.165) is 0 Å². The monoisotopic (exact) mass is 304 g/mol. The van der Waals surface area contributed by atoms with Crippen molar-refractivity contribution in [2.24, 2.45) is 0 Å². The molecule has 0 saturated carbocycles. The van der Waals surface area contributed by atoms with Gasteiger partial charge in [0.25, 0.3) is 0 Å². The summed E-state index contributed by atoms with van der Waals surface area (Å²) >= 11 is 11.8. The van der Waals surface area contributed by atoms with Crippen molar-refractivity contribution in [1.82, 2.24) is 9.97 Å². The summed E-state index contributed by atoms with van der Waals surface area (Å²) < 4.78 is 28.3. The van der Waals surface area contributed by atoms with Gasteiger partial charge in [0.1, 0.15) is 16.1 Å². The van der Waals surface area contributed by atoms with Crippen LogP contribution in [-0.2, 0) is 0 Å². The third-order valence-electron chi connectivity index (χ3n) is 2.36. The fraction of sp³-hybridized carbons (Fsp3) is 0.167. The summed E-state index contributed by atoms with van der Waals surface area (Å²) in [6.07, 6.45) is 0. The fourth-order valence-corrected chi connectivity index (χ4v) is 1.77. The number of hydrogen-bond donors (Lipinski definition) is 0. The van der Waals surface area contributed by atoms with Crippen LogP contribution in [-0.4, -0.2) is 16.6 Å². The molecule has 19 heavy (non-hydrogen) atoms. The Morgan fingerprint density at radius 3 is 2.05 bits per heavy atom. The molecular weight excluding hydrogens is 297 g/mol. The SMILES string of the molecule is Cc1c(Cl)nc(-c2ccc(OC(F)F)cc2)nc1Cl. The van der Waals surface area contributed by atoms with Gasteiger partial charge >= 0.3 is 6.61 Å². The van der Waals surface area contributed by atoms with Crippen LogP contribution in [0, 0.1) is 6.92 Å². The molecule has 0 aliphatic carbocycles. The largest absolute Gasteiger partial charge is 0.435 e. The van der Waals surface area contributed by atoms with Crippen LogP contribution >= 0.6 is 23.2 Å². The molecule has 0 atom stereocenters. The third-order valence-corrected chi connectivity index (χ3v) is 3.10. The van der Waals surface area contributed by atoms with Gasteiger partial charge in [0.15, 0.2) is 5.82 Å². The molecule has 3 nitrogen and oxygen atoms in total. The Morgan fingerprint density at radius 1 is 1.05 bits per heavy atom. The predicted molar refractivity (Wildman–Crippen MR) is 68.9 cm³/mol. The van der Waals surface area contributed by atoms with E-state index in [1.807, 2.05) is 0 Å². The maximum absolute atomic E-state index is 12.0. The first-order chi connectivity index (χ1) is 8.97. The van der Waals surface area contributed by atoms with E-state index in [9.17, 15) is 8.78 Å². The van der Waals surface area contributed by atoms with E-state index in [-0.39, 0.29) is 16.1 Å². The van der Waals surface area contributed by atoms with Gasteiger partial charge in [-0.05, 0) is 31.2 Å². The molecule has 0 bridgehead atoms. The second kappa shape index (κ2) is 5.67. The molecule has 0 aliphatic rings. The van der Waals surface area contributed by atoms with E-state index in [0.29, 0.717) is 17.0 Å². The summed E-state index contributed by atoms with van der Waals surface area (Å²) in [5.41, 5.74) is 1.19. The molecule has 2 rings (SSSR count). The van der Waals surface area contributed by atoms with Crippen molar-refractivity contribution in [2.45, 2.75) is 13.5 Å². The zero-order valence-corrected chi connectivity index (χ0v) is 11.2. The topological polar surface area (TPSA) is 35.0 Å². The standard InChI is InChI=1S/C12H8Cl2F2N2O/c1-6-9(13)17-11(18-10(6)14)7-2-4-8(5-3-7)19-12(15)16/h2-5,12H,1H3. The van der Waals surface area contributed by atoms with Gasteiger partial charge in [-0.3, -0.25) is 0 Å². The second-order valence-corrected chi connectivity index (χ2v) is 4.37. The molecule has 0 fully saturated rings. The van der Waals surface area contributed by atoms with Crippen molar-refractivity contribution in [1.29, 1.82) is 0 Å². The average Bonchev–Trinajstić information content (AvgIpc) is 2.35. The van der Waals surface area contributed by atoms with E-state index in [4.69, 9.17) is 23.2 Å². The van der Waals surface area contributed by atoms with Crippen LogP contribution in [0.3, 0.4) is 0 Å². The highest BCUT2D eigenvalue weighted by atomic mass is 35.5. The number of benzene rings is 1. The van der Waals surface area contributed by atoms with Crippen LogP contribution in [0.5, 0.6) is 5.75 Å². The lowest BCUT2D eigenvalue weighted by atomic mass is 10.2. The molecule has 0 N–H and O–H groups in total. The molecule has 100 valence electrons. The van der Waals surface area contributed by atoms with E-state index in [1.54, 1.807) is 19.1 Å². The first-order valence-electron chi connectivity index (χ1n) is 5.22. The zero-order chi connectivity index (χ0) is 14.0. The zero-order valence-electron chi connectivity index (χ0n) is 9.70. The Hall–Kier alpha value is -1.46. The Balaban J connectivity index is 2.32. The minimum Gasteiger partial charge on any atom is -0.435 e. The molecule has 0 saturated heterocycles. The second-order valence-electron chi connectivity index (χ2n) is 3.66. The van der Waals surface area contributed by atoms with Crippen molar-refractivity contribution in [3.05, 3.63) is 40.1 Å². The van der Waals surface area contributed by atoms with Gasteiger partial charge in [0, 0.05) is 11.1 Å². The summed E-state index contributed by atoms with van der Waals surface area (Å²) in [6.45, 7) is -1.15. The number of halogens is 4. The minimum absolute atomic E-state index is 0.0584. The van der Waals surface area contributed by atoms with Gasteiger partial charge in [-0.1, -0.05) is 23.2 Å². The summed E-state index contributed by atoms with van der Waals surface area (Å²) in [4.78, 5) is 8.15. The summed E-state index contributed by atoms with van der Waals surface area (Å²) in [5.74, 6) is 0.382. The molecule has 0 spiro atoms. The van der Waals surface area contributed by atoms with Crippen LogP contribution in [0.15, 0.2) is 24.3 Å². The Morgan fingerprint density at radius 2 is 1.58 bits per heavy atom. The highest BCUT2D eigenvalue weighted by molar-refractivity contribution is 6.34. The van der Waals surface area contributed by atoms with Gasteiger partial charge in [0.05, 0.1) is 0 Å². The molecule has 0 aliphatic heterocycles. The van der Waals surface area contributed by atoms with Gasteiger partial charge in [-0.15, -0.1) is 0 Å².